The van der Waals surface area contributed by atoms with Gasteiger partial charge >= 0.3 is 0 Å². The second-order valence-electron chi connectivity index (χ2n) is 7.47. The maximum Gasteiger partial charge on any atom is 0.146 e. The molecule has 3 aromatic carbocycles. The van der Waals surface area contributed by atoms with E-state index in [0.717, 1.165) is 19.6 Å². The highest BCUT2D eigenvalue weighted by Gasteiger charge is 2.47. The molecule has 2 aliphatic heterocycles. The van der Waals surface area contributed by atoms with Crippen LogP contribution in [0.3, 0.4) is 0 Å². The van der Waals surface area contributed by atoms with Crippen LogP contribution in [-0.2, 0) is 23.4 Å². The molecule has 2 nitrogen and oxygen atoms in total. The molecule has 130 valence electrons. The van der Waals surface area contributed by atoms with Crippen molar-refractivity contribution >= 4 is 0 Å². The van der Waals surface area contributed by atoms with Gasteiger partial charge in [0.05, 0.1) is 6.61 Å². The summed E-state index contributed by atoms with van der Waals surface area (Å²) in [5.41, 5.74) is 6.29. The van der Waals surface area contributed by atoms with Gasteiger partial charge in [0, 0.05) is 18.2 Å². The van der Waals surface area contributed by atoms with Crippen LogP contribution in [0.1, 0.15) is 23.6 Å². The molecule has 0 aliphatic carbocycles. The van der Waals surface area contributed by atoms with E-state index in [2.05, 4.69) is 90.7 Å². The fourth-order valence-electron chi connectivity index (χ4n) is 4.57. The molecule has 0 unspecified atom stereocenters. The highest BCUT2D eigenvalue weighted by Crippen LogP contribution is 2.46. The van der Waals surface area contributed by atoms with Gasteiger partial charge in [-0.05, 0) is 35.6 Å². The lowest BCUT2D eigenvalue weighted by Crippen LogP contribution is -2.43. The van der Waals surface area contributed by atoms with Crippen LogP contribution >= 0.6 is 0 Å². The van der Waals surface area contributed by atoms with Gasteiger partial charge in [-0.15, -0.1) is 0 Å². The number of hydrogen-bond acceptors (Lipinski definition) is 2. The van der Waals surface area contributed by atoms with Crippen molar-refractivity contribution in [2.24, 2.45) is 0 Å². The molecule has 1 saturated heterocycles. The van der Waals surface area contributed by atoms with Gasteiger partial charge in [0.25, 0.3) is 0 Å². The summed E-state index contributed by atoms with van der Waals surface area (Å²) in [6, 6.07) is 28.6. The molecule has 0 N–H and O–H groups in total. The minimum absolute atomic E-state index is 0.376. The molecule has 0 saturated carbocycles. The summed E-state index contributed by atoms with van der Waals surface area (Å²) in [5, 5.41) is 0. The van der Waals surface area contributed by atoms with Crippen molar-refractivity contribution in [2.75, 3.05) is 6.61 Å². The Morgan fingerprint density at radius 3 is 2.42 bits per heavy atom. The smallest absolute Gasteiger partial charge is 0.146 e. The summed E-state index contributed by atoms with van der Waals surface area (Å²) in [6.45, 7) is 3.92. The Bertz CT molecular complexity index is 936. The summed E-state index contributed by atoms with van der Waals surface area (Å²) >= 11 is 0. The Morgan fingerprint density at radius 1 is 0.885 bits per heavy atom. The van der Waals surface area contributed by atoms with E-state index in [0.29, 0.717) is 6.04 Å². The first-order chi connectivity index (χ1) is 12.8. The Kier molecular flexibility index (Phi) is 3.70. The highest BCUT2D eigenvalue weighted by molar-refractivity contribution is 5.72. The molecule has 5 rings (SSSR count). The largest absolute Gasteiger partial charge is 0.355 e. The molecule has 2 atom stereocenters. The van der Waals surface area contributed by atoms with E-state index in [-0.39, 0.29) is 5.72 Å². The first-order valence-electron chi connectivity index (χ1n) is 9.38. The van der Waals surface area contributed by atoms with E-state index in [1.807, 2.05) is 0 Å². The van der Waals surface area contributed by atoms with Gasteiger partial charge in [-0.3, -0.25) is 4.90 Å². The van der Waals surface area contributed by atoms with E-state index in [9.17, 15) is 0 Å². The maximum absolute atomic E-state index is 6.49. The molecular weight excluding hydrogens is 318 g/mol. The Labute approximate surface area is 155 Å². The van der Waals surface area contributed by atoms with Crippen LogP contribution in [0, 0.1) is 0 Å². The van der Waals surface area contributed by atoms with Crippen molar-refractivity contribution in [2.45, 2.75) is 31.7 Å². The quantitative estimate of drug-likeness (QED) is 0.651. The average Bonchev–Trinajstić information content (AvgIpc) is 2.94. The van der Waals surface area contributed by atoms with E-state index < -0.39 is 0 Å². The number of benzene rings is 3. The minimum Gasteiger partial charge on any atom is -0.355 e. The first-order valence-corrected chi connectivity index (χ1v) is 9.38. The van der Waals surface area contributed by atoms with Crippen molar-refractivity contribution in [3.8, 4) is 11.1 Å². The molecule has 0 spiro atoms. The van der Waals surface area contributed by atoms with Crippen molar-refractivity contribution < 1.29 is 4.74 Å². The lowest BCUT2D eigenvalue weighted by molar-refractivity contribution is -0.0789. The van der Waals surface area contributed by atoms with Gasteiger partial charge < -0.3 is 4.74 Å². The highest BCUT2D eigenvalue weighted by atomic mass is 16.5. The van der Waals surface area contributed by atoms with E-state index in [1.54, 1.807) is 0 Å². The molecule has 0 aromatic heterocycles. The van der Waals surface area contributed by atoms with Crippen molar-refractivity contribution in [3.05, 3.63) is 95.6 Å². The Balaban J connectivity index is 1.61. The van der Waals surface area contributed by atoms with Crippen molar-refractivity contribution in [1.82, 2.24) is 4.90 Å². The number of hydrogen-bond donors (Lipinski definition) is 0. The summed E-state index contributed by atoms with van der Waals surface area (Å²) in [6.07, 6.45) is 1.01. The average molecular weight is 341 g/mol. The lowest BCUT2D eigenvalue weighted by atomic mass is 9.93. The van der Waals surface area contributed by atoms with Crippen LogP contribution in [0.25, 0.3) is 11.1 Å². The zero-order valence-corrected chi connectivity index (χ0v) is 15.1. The zero-order valence-electron chi connectivity index (χ0n) is 15.1. The zero-order chi connectivity index (χ0) is 17.6. The molecular formula is C24H23NO. The molecule has 2 aliphatic rings. The van der Waals surface area contributed by atoms with Crippen LogP contribution in [0.2, 0.25) is 0 Å². The summed E-state index contributed by atoms with van der Waals surface area (Å²) in [4.78, 5) is 2.56. The fourth-order valence-corrected chi connectivity index (χ4v) is 4.57. The van der Waals surface area contributed by atoms with E-state index in [4.69, 9.17) is 4.74 Å². The van der Waals surface area contributed by atoms with Crippen LogP contribution in [0.15, 0.2) is 78.9 Å². The van der Waals surface area contributed by atoms with E-state index >= 15 is 0 Å². The molecule has 0 radical (unpaired) electrons. The second-order valence-corrected chi connectivity index (χ2v) is 7.47. The summed E-state index contributed by atoms with van der Waals surface area (Å²) < 4.78 is 6.49. The molecule has 2 heteroatoms. The standard InChI is InChI=1S/C24H23NO/c1-24-23-14-8-7-13-22(23)21-12-6-5-11-19(21)16-25(24)20(17-26-24)15-18-9-3-2-4-10-18/h2-14,20H,15-17H2,1H3/t20-,24+/m0/s1. The third-order valence-corrected chi connectivity index (χ3v) is 5.93. The molecule has 1 fully saturated rings. The van der Waals surface area contributed by atoms with Gasteiger partial charge in [-0.1, -0.05) is 78.9 Å². The van der Waals surface area contributed by atoms with Crippen LogP contribution < -0.4 is 0 Å². The van der Waals surface area contributed by atoms with E-state index in [1.165, 1.54) is 27.8 Å². The lowest BCUT2D eigenvalue weighted by Gasteiger charge is -2.36. The van der Waals surface area contributed by atoms with Gasteiger partial charge in [0.15, 0.2) is 0 Å². The van der Waals surface area contributed by atoms with Gasteiger partial charge in [0.1, 0.15) is 5.72 Å². The summed E-state index contributed by atoms with van der Waals surface area (Å²) in [5.74, 6) is 0. The van der Waals surface area contributed by atoms with Gasteiger partial charge in [0.2, 0.25) is 0 Å². The second kappa shape index (κ2) is 6.08. The monoisotopic (exact) mass is 341 g/mol. The van der Waals surface area contributed by atoms with Gasteiger partial charge in [-0.25, -0.2) is 0 Å². The molecule has 0 amide bonds. The summed E-state index contributed by atoms with van der Waals surface area (Å²) in [7, 11) is 0. The molecule has 3 aromatic rings. The normalized spacial score (nSPS) is 24.4. The van der Waals surface area contributed by atoms with Crippen LogP contribution in [-0.4, -0.2) is 17.5 Å². The predicted molar refractivity (Wildman–Crippen MR) is 105 cm³/mol. The Hall–Kier alpha value is -2.42. The molecule has 26 heavy (non-hydrogen) atoms. The number of ether oxygens (including phenoxy) is 1. The maximum atomic E-state index is 6.49. The third kappa shape index (κ3) is 2.41. The molecule has 0 bridgehead atoms. The van der Waals surface area contributed by atoms with Gasteiger partial charge in [-0.2, -0.15) is 0 Å². The number of rotatable bonds is 2. The van der Waals surface area contributed by atoms with Crippen molar-refractivity contribution in [1.29, 1.82) is 0 Å². The topological polar surface area (TPSA) is 12.5 Å². The predicted octanol–water partition coefficient (Wildman–Crippen LogP) is 4.98. The molecule has 2 heterocycles. The fraction of sp³-hybridized carbons (Fsp3) is 0.250. The third-order valence-electron chi connectivity index (χ3n) is 5.93. The minimum atomic E-state index is -0.380. The number of nitrogens with zero attached hydrogens (tertiary/aromatic N) is 1. The van der Waals surface area contributed by atoms with Crippen LogP contribution in [0.4, 0.5) is 0 Å². The number of fused-ring (bicyclic) bond motifs is 5. The Morgan fingerprint density at radius 2 is 1.58 bits per heavy atom. The van der Waals surface area contributed by atoms with Crippen LogP contribution in [0.5, 0.6) is 0 Å². The first kappa shape index (κ1) is 15.8. The SMILES string of the molecule is C[C@]12OC[C@H](Cc3ccccc3)N1Cc1ccccc1-c1ccccc12. The van der Waals surface area contributed by atoms with Crippen molar-refractivity contribution in [3.63, 3.8) is 0 Å².